The maximum atomic E-state index is 13.4. The predicted octanol–water partition coefficient (Wildman–Crippen LogP) is 2.28. The number of benzene rings is 1. The standard InChI is InChI=1S/C19H27N5O2/c1-13-8-14(2)12-23(11-13)19(25)18(24-15(3)20-21-22-24)10-16-6-5-7-17(9-16)26-4/h5-7,9,13-14,18H,8,10-12H2,1-4H3/t13-,14-,18-/m1/s1. The molecular formula is C19H27N5O2. The molecule has 1 aliphatic rings. The molecule has 0 bridgehead atoms. The fourth-order valence-electron chi connectivity index (χ4n) is 3.88. The summed E-state index contributed by atoms with van der Waals surface area (Å²) in [5.74, 6) is 2.53. The van der Waals surface area contributed by atoms with E-state index < -0.39 is 6.04 Å². The van der Waals surface area contributed by atoms with Crippen molar-refractivity contribution in [2.24, 2.45) is 11.8 Å². The van der Waals surface area contributed by atoms with Gasteiger partial charge in [-0.15, -0.1) is 5.10 Å². The van der Waals surface area contributed by atoms with Gasteiger partial charge in [-0.3, -0.25) is 4.79 Å². The van der Waals surface area contributed by atoms with Gasteiger partial charge in [-0.1, -0.05) is 26.0 Å². The summed E-state index contributed by atoms with van der Waals surface area (Å²) in [7, 11) is 1.64. The summed E-state index contributed by atoms with van der Waals surface area (Å²) in [6, 6.07) is 7.35. The summed E-state index contributed by atoms with van der Waals surface area (Å²) in [4.78, 5) is 15.4. The molecular weight excluding hydrogens is 330 g/mol. The van der Waals surface area contributed by atoms with Gasteiger partial charge in [0.1, 0.15) is 17.6 Å². The number of carbonyl (C=O) groups excluding carboxylic acids is 1. The van der Waals surface area contributed by atoms with Crippen molar-refractivity contribution in [2.75, 3.05) is 20.2 Å². The molecule has 0 N–H and O–H groups in total. The lowest BCUT2D eigenvalue weighted by molar-refractivity contribution is -0.138. The number of hydrogen-bond donors (Lipinski definition) is 0. The van der Waals surface area contributed by atoms with Gasteiger partial charge in [-0.25, -0.2) is 4.68 Å². The summed E-state index contributed by atoms with van der Waals surface area (Å²) >= 11 is 0. The van der Waals surface area contributed by atoms with Crippen LogP contribution in [0, 0.1) is 18.8 Å². The smallest absolute Gasteiger partial charge is 0.247 e. The number of hydrogen-bond acceptors (Lipinski definition) is 5. The number of tetrazole rings is 1. The number of nitrogens with zero attached hydrogens (tertiary/aromatic N) is 5. The summed E-state index contributed by atoms with van der Waals surface area (Å²) in [6.45, 7) is 7.82. The van der Waals surface area contributed by atoms with E-state index in [4.69, 9.17) is 4.74 Å². The number of aryl methyl sites for hydroxylation is 1. The quantitative estimate of drug-likeness (QED) is 0.821. The van der Waals surface area contributed by atoms with Gasteiger partial charge >= 0.3 is 0 Å². The second-order valence-electron chi connectivity index (χ2n) is 7.43. The Morgan fingerprint density at radius 3 is 2.65 bits per heavy atom. The fourth-order valence-corrected chi connectivity index (χ4v) is 3.88. The second-order valence-corrected chi connectivity index (χ2v) is 7.43. The van der Waals surface area contributed by atoms with Gasteiger partial charge in [0, 0.05) is 19.5 Å². The third-order valence-corrected chi connectivity index (χ3v) is 4.98. The highest BCUT2D eigenvalue weighted by Crippen LogP contribution is 2.26. The van der Waals surface area contributed by atoms with Gasteiger partial charge in [-0.2, -0.15) is 0 Å². The first kappa shape index (κ1) is 18.4. The number of piperidine rings is 1. The van der Waals surface area contributed by atoms with Crippen molar-refractivity contribution < 1.29 is 9.53 Å². The monoisotopic (exact) mass is 357 g/mol. The van der Waals surface area contributed by atoms with E-state index in [1.54, 1.807) is 11.8 Å². The van der Waals surface area contributed by atoms with E-state index >= 15 is 0 Å². The first-order valence-corrected chi connectivity index (χ1v) is 9.14. The molecule has 0 spiro atoms. The summed E-state index contributed by atoms with van der Waals surface area (Å²) in [6.07, 6.45) is 1.69. The number of rotatable bonds is 5. The minimum atomic E-state index is -0.449. The molecule has 0 radical (unpaired) electrons. The molecule has 3 rings (SSSR count). The number of carbonyl (C=O) groups is 1. The Labute approximate surface area is 154 Å². The average molecular weight is 357 g/mol. The van der Waals surface area contributed by atoms with Gasteiger partial charge in [0.2, 0.25) is 5.91 Å². The zero-order valence-corrected chi connectivity index (χ0v) is 15.9. The van der Waals surface area contributed by atoms with Gasteiger partial charge in [0.05, 0.1) is 7.11 Å². The highest BCUT2D eigenvalue weighted by atomic mass is 16.5. The van der Waals surface area contributed by atoms with E-state index in [1.165, 1.54) is 0 Å². The third-order valence-electron chi connectivity index (χ3n) is 4.98. The van der Waals surface area contributed by atoms with Crippen molar-refractivity contribution in [3.8, 4) is 5.75 Å². The SMILES string of the molecule is COc1cccc(C[C@H](C(=O)N2C[C@H](C)C[C@@H](C)C2)n2nnnc2C)c1. The molecule has 1 fully saturated rings. The van der Waals surface area contributed by atoms with Crippen molar-refractivity contribution in [3.63, 3.8) is 0 Å². The van der Waals surface area contributed by atoms with Crippen LogP contribution in [0.1, 0.15) is 37.7 Å². The van der Waals surface area contributed by atoms with Crippen LogP contribution in [-0.4, -0.2) is 51.2 Å². The normalized spacial score (nSPS) is 21.5. The molecule has 140 valence electrons. The average Bonchev–Trinajstić information content (AvgIpc) is 3.04. The Balaban J connectivity index is 1.88. The van der Waals surface area contributed by atoms with Crippen LogP contribution in [0.3, 0.4) is 0 Å². The Morgan fingerprint density at radius 2 is 2.04 bits per heavy atom. The minimum absolute atomic E-state index is 0.0848. The largest absolute Gasteiger partial charge is 0.497 e. The van der Waals surface area contributed by atoms with E-state index in [-0.39, 0.29) is 5.91 Å². The van der Waals surface area contributed by atoms with E-state index in [0.717, 1.165) is 30.8 Å². The van der Waals surface area contributed by atoms with Crippen LogP contribution in [0.2, 0.25) is 0 Å². The summed E-state index contributed by atoms with van der Waals surface area (Å²) in [5, 5.41) is 11.8. The Bertz CT molecular complexity index is 750. The zero-order chi connectivity index (χ0) is 18.7. The third kappa shape index (κ3) is 4.03. The Morgan fingerprint density at radius 1 is 1.31 bits per heavy atom. The highest BCUT2D eigenvalue weighted by molar-refractivity contribution is 5.81. The topological polar surface area (TPSA) is 73.1 Å². The van der Waals surface area contributed by atoms with E-state index in [1.807, 2.05) is 36.1 Å². The van der Waals surface area contributed by atoms with Gasteiger partial charge in [0.25, 0.3) is 0 Å². The van der Waals surface area contributed by atoms with Crippen molar-refractivity contribution in [2.45, 2.75) is 39.7 Å². The molecule has 2 aromatic rings. The minimum Gasteiger partial charge on any atom is -0.497 e. The predicted molar refractivity (Wildman–Crippen MR) is 97.8 cm³/mol. The molecule has 1 saturated heterocycles. The van der Waals surface area contributed by atoms with Crippen LogP contribution in [0.15, 0.2) is 24.3 Å². The number of ether oxygens (including phenoxy) is 1. The maximum absolute atomic E-state index is 13.4. The molecule has 0 aliphatic carbocycles. The number of methoxy groups -OCH3 is 1. The van der Waals surface area contributed by atoms with Crippen molar-refractivity contribution in [1.29, 1.82) is 0 Å². The van der Waals surface area contributed by atoms with Crippen LogP contribution in [0.25, 0.3) is 0 Å². The van der Waals surface area contributed by atoms with Crippen molar-refractivity contribution in [3.05, 3.63) is 35.7 Å². The van der Waals surface area contributed by atoms with E-state index in [9.17, 15) is 4.79 Å². The van der Waals surface area contributed by atoms with E-state index in [0.29, 0.717) is 24.1 Å². The molecule has 0 unspecified atom stereocenters. The fraction of sp³-hybridized carbons (Fsp3) is 0.579. The van der Waals surface area contributed by atoms with Crippen molar-refractivity contribution in [1.82, 2.24) is 25.1 Å². The lowest BCUT2D eigenvalue weighted by Gasteiger charge is -2.37. The Kier molecular flexibility index (Phi) is 5.54. The maximum Gasteiger partial charge on any atom is 0.247 e. The lowest BCUT2D eigenvalue weighted by Crippen LogP contribution is -2.46. The molecule has 0 saturated carbocycles. The summed E-state index contributed by atoms with van der Waals surface area (Å²) < 4.78 is 6.96. The first-order valence-electron chi connectivity index (χ1n) is 9.14. The molecule has 1 aromatic heterocycles. The van der Waals surface area contributed by atoms with Crippen LogP contribution in [0.5, 0.6) is 5.75 Å². The molecule has 3 atom stereocenters. The van der Waals surface area contributed by atoms with Crippen LogP contribution < -0.4 is 4.74 Å². The van der Waals surface area contributed by atoms with Crippen molar-refractivity contribution >= 4 is 5.91 Å². The molecule has 1 aliphatic heterocycles. The first-order chi connectivity index (χ1) is 12.5. The van der Waals surface area contributed by atoms with Gasteiger partial charge in [0.15, 0.2) is 0 Å². The molecule has 7 heteroatoms. The van der Waals surface area contributed by atoms with Crippen LogP contribution in [0.4, 0.5) is 0 Å². The lowest BCUT2D eigenvalue weighted by atomic mass is 9.91. The highest BCUT2D eigenvalue weighted by Gasteiger charge is 2.32. The molecule has 2 heterocycles. The van der Waals surface area contributed by atoms with Gasteiger partial charge < -0.3 is 9.64 Å². The molecule has 7 nitrogen and oxygen atoms in total. The molecule has 1 amide bonds. The van der Waals surface area contributed by atoms with E-state index in [2.05, 4.69) is 29.4 Å². The second kappa shape index (κ2) is 7.85. The number of amides is 1. The van der Waals surface area contributed by atoms with Gasteiger partial charge in [-0.05, 0) is 53.3 Å². The van der Waals surface area contributed by atoms with Crippen LogP contribution in [-0.2, 0) is 11.2 Å². The zero-order valence-electron chi connectivity index (χ0n) is 15.9. The van der Waals surface area contributed by atoms with Crippen LogP contribution >= 0.6 is 0 Å². The number of aromatic nitrogens is 4. The molecule has 1 aromatic carbocycles. The summed E-state index contributed by atoms with van der Waals surface area (Å²) in [5.41, 5.74) is 1.02. The molecule has 26 heavy (non-hydrogen) atoms. The number of likely N-dealkylation sites (tertiary alicyclic amines) is 1. The Hall–Kier alpha value is -2.44.